The van der Waals surface area contributed by atoms with Crippen LogP contribution in [0.2, 0.25) is 0 Å². The first-order valence-electron chi connectivity index (χ1n) is 2.51. The Morgan fingerprint density at radius 3 is 2.00 bits per heavy atom. The summed E-state index contributed by atoms with van der Waals surface area (Å²) in [7, 11) is -3.68. The lowest BCUT2D eigenvalue weighted by molar-refractivity contribution is -0.619. The van der Waals surface area contributed by atoms with Crippen LogP contribution in [0.3, 0.4) is 0 Å². The normalized spacial score (nSPS) is 11.0. The minimum atomic E-state index is -3.68. The third-order valence-corrected chi connectivity index (χ3v) is 1.99. The van der Waals surface area contributed by atoms with Gasteiger partial charge in [-0.2, -0.15) is 0 Å². The molecule has 0 rings (SSSR count). The third kappa shape index (κ3) is 2.18. The first-order valence-corrected chi connectivity index (χ1v) is 4.36. The van der Waals surface area contributed by atoms with E-state index < -0.39 is 15.1 Å². The van der Waals surface area contributed by atoms with E-state index in [-0.39, 0.29) is 11.0 Å². The summed E-state index contributed by atoms with van der Waals surface area (Å²) in [5, 5.41) is 8.98. The average molecular weight is 168 g/mol. The molecule has 0 bridgehead atoms. The van der Waals surface area contributed by atoms with Crippen LogP contribution in [0.4, 0.5) is 0 Å². The van der Waals surface area contributed by atoms with E-state index in [9.17, 15) is 18.5 Å². The van der Waals surface area contributed by atoms with Gasteiger partial charge in [0.1, 0.15) is 0 Å². The smallest absolute Gasteiger partial charge is 0.234 e. The van der Waals surface area contributed by atoms with E-state index in [0.29, 0.717) is 0 Å². The molecule has 0 N–H and O–H groups in total. The number of hydrogen-bond donors (Lipinski definition) is 0. The Morgan fingerprint density at radius 1 is 1.60 bits per heavy atom. The molecule has 60 valence electrons. The molecular weight excluding hydrogens is 160 g/mol. The van der Waals surface area contributed by atoms with Crippen molar-refractivity contribution in [2.75, 3.05) is 12.8 Å². The summed E-state index contributed by atoms with van der Waals surface area (Å²) in [6.45, 7) is 1.25. The molecular formula is C3H8N2O4S. The first-order chi connectivity index (χ1) is 4.39. The van der Waals surface area contributed by atoms with E-state index in [1.807, 2.05) is 0 Å². The van der Waals surface area contributed by atoms with Crippen LogP contribution >= 0.6 is 0 Å². The van der Waals surface area contributed by atoms with Gasteiger partial charge in [-0.15, -0.1) is 0 Å². The highest BCUT2D eigenvalue weighted by atomic mass is 32.2. The molecule has 0 unspecified atom stereocenters. The SMILES string of the molecule is CCN([N+](=O)[O-])S(C)(=O)=O. The highest BCUT2D eigenvalue weighted by molar-refractivity contribution is 7.88. The Hall–Kier alpha value is -0.850. The summed E-state index contributed by atoms with van der Waals surface area (Å²) < 4.78 is 21.2. The largest absolute Gasteiger partial charge is 0.281 e. The van der Waals surface area contributed by atoms with E-state index in [1.54, 1.807) is 0 Å². The zero-order chi connectivity index (χ0) is 8.36. The summed E-state index contributed by atoms with van der Waals surface area (Å²) in [6.07, 6.45) is 0.791. The molecule has 0 aromatic heterocycles. The quantitative estimate of drug-likeness (QED) is 0.418. The number of hydrogen-bond acceptors (Lipinski definition) is 4. The molecule has 0 heterocycles. The highest BCUT2D eigenvalue weighted by Crippen LogP contribution is 1.95. The van der Waals surface area contributed by atoms with Gasteiger partial charge in [-0.25, -0.2) is 18.5 Å². The molecule has 0 aromatic carbocycles. The molecule has 0 aromatic rings. The van der Waals surface area contributed by atoms with Crippen molar-refractivity contribution in [3.05, 3.63) is 10.1 Å². The van der Waals surface area contributed by atoms with E-state index >= 15 is 0 Å². The fourth-order valence-electron chi connectivity index (χ4n) is 0.471. The summed E-state index contributed by atoms with van der Waals surface area (Å²) in [6, 6.07) is 0. The van der Waals surface area contributed by atoms with Gasteiger partial charge in [0.25, 0.3) is 10.0 Å². The minimum Gasteiger partial charge on any atom is -0.234 e. The van der Waals surface area contributed by atoms with Crippen molar-refractivity contribution in [1.82, 2.24) is 4.41 Å². The molecule has 0 radical (unpaired) electrons. The lowest BCUT2D eigenvalue weighted by Gasteiger charge is -2.06. The van der Waals surface area contributed by atoms with Gasteiger partial charge in [0, 0.05) is 0 Å². The fourth-order valence-corrected chi connectivity index (χ4v) is 1.18. The summed E-state index contributed by atoms with van der Waals surface area (Å²) in [5.41, 5.74) is 0. The maximum atomic E-state index is 10.5. The second-order valence-electron chi connectivity index (χ2n) is 1.64. The molecule has 7 heteroatoms. The van der Waals surface area contributed by atoms with Crippen molar-refractivity contribution < 1.29 is 13.5 Å². The predicted molar refractivity (Wildman–Crippen MR) is 34.2 cm³/mol. The highest BCUT2D eigenvalue weighted by Gasteiger charge is 2.22. The Bertz CT molecular complexity index is 221. The molecule has 0 aliphatic carbocycles. The Morgan fingerprint density at radius 2 is 2.00 bits per heavy atom. The van der Waals surface area contributed by atoms with Crippen LogP contribution < -0.4 is 0 Å². The molecule has 0 fully saturated rings. The fraction of sp³-hybridized carbons (Fsp3) is 1.00. The second kappa shape index (κ2) is 2.82. The van der Waals surface area contributed by atoms with Gasteiger partial charge in [0.15, 0.2) is 5.03 Å². The average Bonchev–Trinajstić information content (AvgIpc) is 1.60. The van der Waals surface area contributed by atoms with Crippen molar-refractivity contribution in [3.8, 4) is 0 Å². The van der Waals surface area contributed by atoms with Gasteiger partial charge < -0.3 is 0 Å². The summed E-state index contributed by atoms with van der Waals surface area (Å²) >= 11 is 0. The Kier molecular flexibility index (Phi) is 2.58. The monoisotopic (exact) mass is 168 g/mol. The van der Waals surface area contributed by atoms with Crippen LogP contribution in [0.25, 0.3) is 0 Å². The lowest BCUT2D eigenvalue weighted by Crippen LogP contribution is -2.34. The Balaban J connectivity index is 4.55. The van der Waals surface area contributed by atoms with Crippen LogP contribution in [-0.2, 0) is 10.0 Å². The van der Waals surface area contributed by atoms with E-state index in [4.69, 9.17) is 0 Å². The van der Waals surface area contributed by atoms with Gasteiger partial charge in [-0.05, 0) is 11.3 Å². The standard InChI is InChI=1S/C3H8N2O4S/c1-3-4(5(6)7)10(2,8)9/h3H2,1-2H3. The zero-order valence-corrected chi connectivity index (χ0v) is 6.46. The maximum Gasteiger partial charge on any atom is 0.281 e. The third-order valence-electron chi connectivity index (χ3n) is 0.835. The van der Waals surface area contributed by atoms with Crippen molar-refractivity contribution >= 4 is 10.0 Å². The molecule has 0 amide bonds. The Labute approximate surface area is 58.6 Å². The van der Waals surface area contributed by atoms with Crippen LogP contribution in [0.1, 0.15) is 6.92 Å². The molecule has 10 heavy (non-hydrogen) atoms. The number of nitrogens with zero attached hydrogens (tertiary/aromatic N) is 2. The van der Waals surface area contributed by atoms with E-state index in [1.165, 1.54) is 6.92 Å². The van der Waals surface area contributed by atoms with Gasteiger partial charge in [0.2, 0.25) is 0 Å². The predicted octanol–water partition coefficient (Wildman–Crippen LogP) is -0.540. The number of nitro groups is 1. The van der Waals surface area contributed by atoms with Gasteiger partial charge in [-0.3, -0.25) is 0 Å². The molecule has 0 atom stereocenters. The molecule has 6 nitrogen and oxygen atoms in total. The number of hydrazine groups is 1. The van der Waals surface area contributed by atoms with Crippen molar-refractivity contribution in [3.63, 3.8) is 0 Å². The molecule has 0 saturated heterocycles. The zero-order valence-electron chi connectivity index (χ0n) is 5.64. The minimum absolute atomic E-state index is 0.147. The van der Waals surface area contributed by atoms with Crippen molar-refractivity contribution in [2.45, 2.75) is 6.92 Å². The van der Waals surface area contributed by atoms with E-state index in [2.05, 4.69) is 0 Å². The molecule has 0 aliphatic heterocycles. The van der Waals surface area contributed by atoms with Crippen molar-refractivity contribution in [1.29, 1.82) is 0 Å². The van der Waals surface area contributed by atoms with Gasteiger partial charge in [-0.1, -0.05) is 0 Å². The van der Waals surface area contributed by atoms with Crippen LogP contribution in [0.5, 0.6) is 0 Å². The van der Waals surface area contributed by atoms with E-state index in [0.717, 1.165) is 6.26 Å². The molecule has 0 spiro atoms. The van der Waals surface area contributed by atoms with Crippen LogP contribution in [-0.4, -0.2) is 30.7 Å². The number of rotatable bonds is 3. The number of sulfonamides is 1. The summed E-state index contributed by atoms with van der Waals surface area (Å²) in [5.74, 6) is 0. The van der Waals surface area contributed by atoms with Crippen LogP contribution in [0.15, 0.2) is 0 Å². The van der Waals surface area contributed by atoms with Crippen molar-refractivity contribution in [2.24, 2.45) is 0 Å². The lowest BCUT2D eigenvalue weighted by atomic mass is 10.8. The van der Waals surface area contributed by atoms with Gasteiger partial charge in [0.05, 0.1) is 12.8 Å². The second-order valence-corrected chi connectivity index (χ2v) is 3.53. The topological polar surface area (TPSA) is 80.5 Å². The first kappa shape index (κ1) is 9.15. The molecule has 0 saturated carbocycles. The van der Waals surface area contributed by atoms with Gasteiger partial charge >= 0.3 is 0 Å². The maximum absolute atomic E-state index is 10.5. The molecule has 0 aliphatic rings. The van der Waals surface area contributed by atoms with Crippen LogP contribution in [0, 0.1) is 10.1 Å². The summed E-state index contributed by atoms with van der Waals surface area (Å²) in [4.78, 5) is 9.93.